The summed E-state index contributed by atoms with van der Waals surface area (Å²) >= 11 is 19.3. The van der Waals surface area contributed by atoms with Crippen molar-refractivity contribution < 1.29 is 33.8 Å². The summed E-state index contributed by atoms with van der Waals surface area (Å²) in [5.41, 5.74) is 5.22. The molecule has 2 heterocycles. The Balaban J connectivity index is 1.21. The number of imide groups is 2. The number of carbonyl (C=O) groups excluding carboxylic acids is 4. The summed E-state index contributed by atoms with van der Waals surface area (Å²) in [6, 6.07) is 31.2. The first kappa shape index (κ1) is 39.6. The number of halogens is 3. The standard InChI is InChI=1S/C47H38Cl3N3O7/c1-25-8-12-29(21-37(25)49)52-43(55)34-18-17-32-35(41(34)45(52)57)23-36-44(56)53(51-39-19-11-28(48)20-38(39)50)46(58)47(36,27-9-13-30(59-2)14-10-27)42(32)33-16-15-31(22-40(33)54)60-24-26-6-4-3-5-7-26/h3-17,19-22,34-36,41-42,51,54H,18,23-24H2,1-2H3. The smallest absolute Gasteiger partial charge is 0.260 e. The first-order valence-electron chi connectivity index (χ1n) is 19.5. The second-order valence-electron chi connectivity index (χ2n) is 15.7. The van der Waals surface area contributed by atoms with Crippen molar-refractivity contribution in [2.45, 2.75) is 37.7 Å². The van der Waals surface area contributed by atoms with Crippen molar-refractivity contribution in [1.82, 2.24) is 5.01 Å². The Bertz CT molecular complexity index is 2620. The quantitative estimate of drug-likeness (QED) is 0.111. The fourth-order valence-corrected chi connectivity index (χ4v) is 10.4. The third-order valence-corrected chi connectivity index (χ3v) is 13.5. The molecule has 1 saturated carbocycles. The Hall–Kier alpha value is -5.81. The molecule has 0 aromatic heterocycles. The second kappa shape index (κ2) is 15.3. The van der Waals surface area contributed by atoms with Gasteiger partial charge in [-0.25, -0.2) is 4.90 Å². The highest BCUT2D eigenvalue weighted by molar-refractivity contribution is 6.36. The molecular formula is C47H38Cl3N3O7. The van der Waals surface area contributed by atoms with Crippen LogP contribution in [-0.4, -0.2) is 40.9 Å². The van der Waals surface area contributed by atoms with Gasteiger partial charge in [-0.05, 0) is 90.9 Å². The van der Waals surface area contributed by atoms with Crippen LogP contribution < -0.4 is 19.8 Å². The van der Waals surface area contributed by atoms with E-state index >= 15 is 9.59 Å². The monoisotopic (exact) mass is 861 g/mol. The lowest BCUT2D eigenvalue weighted by molar-refractivity contribution is -0.138. The van der Waals surface area contributed by atoms with Gasteiger partial charge in [0.1, 0.15) is 23.9 Å². The maximum Gasteiger partial charge on any atom is 0.260 e. The van der Waals surface area contributed by atoms with E-state index in [1.54, 1.807) is 66.7 Å². The highest BCUT2D eigenvalue weighted by atomic mass is 35.5. The number of phenolic OH excluding ortho intramolecular Hbond substituents is 1. The third-order valence-electron chi connectivity index (χ3n) is 12.6. The molecule has 60 heavy (non-hydrogen) atoms. The Morgan fingerprint density at radius 1 is 0.800 bits per heavy atom. The van der Waals surface area contributed by atoms with Crippen molar-refractivity contribution in [2.24, 2.45) is 23.7 Å². The van der Waals surface area contributed by atoms with Gasteiger partial charge in [0.15, 0.2) is 0 Å². The summed E-state index contributed by atoms with van der Waals surface area (Å²) in [6.07, 6.45) is 2.17. The predicted molar refractivity (Wildman–Crippen MR) is 228 cm³/mol. The van der Waals surface area contributed by atoms with E-state index in [0.717, 1.165) is 16.1 Å². The first-order valence-corrected chi connectivity index (χ1v) is 20.6. The second-order valence-corrected chi connectivity index (χ2v) is 16.9. The molecule has 3 fully saturated rings. The van der Waals surface area contributed by atoms with Crippen molar-refractivity contribution in [2.75, 3.05) is 17.4 Å². The number of methoxy groups -OCH3 is 1. The fraction of sp³-hybridized carbons (Fsp3) is 0.234. The highest BCUT2D eigenvalue weighted by Crippen LogP contribution is 2.65. The third kappa shape index (κ3) is 6.31. The van der Waals surface area contributed by atoms with Gasteiger partial charge >= 0.3 is 0 Å². The van der Waals surface area contributed by atoms with Gasteiger partial charge in [-0.1, -0.05) is 101 Å². The molecule has 2 aliphatic heterocycles. The van der Waals surface area contributed by atoms with Gasteiger partial charge in [0.2, 0.25) is 11.8 Å². The van der Waals surface area contributed by atoms with Gasteiger partial charge in [0.25, 0.3) is 11.8 Å². The van der Waals surface area contributed by atoms with Crippen LogP contribution in [0.5, 0.6) is 17.2 Å². The van der Waals surface area contributed by atoms with Crippen LogP contribution in [0, 0.1) is 30.6 Å². The van der Waals surface area contributed by atoms with Crippen LogP contribution in [0.3, 0.4) is 0 Å². The molecule has 0 bridgehead atoms. The lowest BCUT2D eigenvalue weighted by atomic mass is 9.49. The fourth-order valence-electron chi connectivity index (χ4n) is 9.76. The van der Waals surface area contributed by atoms with Crippen molar-refractivity contribution in [3.05, 3.63) is 158 Å². The van der Waals surface area contributed by atoms with Gasteiger partial charge in [0, 0.05) is 27.6 Å². The summed E-state index contributed by atoms with van der Waals surface area (Å²) in [7, 11) is 1.53. The van der Waals surface area contributed by atoms with E-state index in [4.69, 9.17) is 44.3 Å². The summed E-state index contributed by atoms with van der Waals surface area (Å²) < 4.78 is 11.6. The maximum absolute atomic E-state index is 15.6. The molecule has 0 spiro atoms. The summed E-state index contributed by atoms with van der Waals surface area (Å²) in [5.74, 6) is -5.50. The van der Waals surface area contributed by atoms with Gasteiger partial charge in [0.05, 0.1) is 46.7 Å². The van der Waals surface area contributed by atoms with Crippen LogP contribution in [0.15, 0.2) is 121 Å². The lowest BCUT2D eigenvalue weighted by Crippen LogP contribution is -2.53. The van der Waals surface area contributed by atoms with E-state index in [9.17, 15) is 14.7 Å². The van der Waals surface area contributed by atoms with Crippen LogP contribution >= 0.6 is 34.8 Å². The van der Waals surface area contributed by atoms with Crippen molar-refractivity contribution >= 4 is 69.8 Å². The molecule has 4 amide bonds. The largest absolute Gasteiger partial charge is 0.508 e. The van der Waals surface area contributed by atoms with Gasteiger partial charge in [-0.2, -0.15) is 5.01 Å². The van der Waals surface area contributed by atoms with E-state index in [1.165, 1.54) is 24.1 Å². The minimum absolute atomic E-state index is 0.0488. The number of aromatic hydroxyl groups is 1. The Kier molecular flexibility index (Phi) is 10.1. The molecule has 9 rings (SSSR count). The number of nitrogens with zero attached hydrogens (tertiary/aromatic N) is 2. The van der Waals surface area contributed by atoms with Crippen LogP contribution in [0.25, 0.3) is 0 Å². The minimum Gasteiger partial charge on any atom is -0.508 e. The van der Waals surface area contributed by atoms with Gasteiger partial charge in [-0.15, -0.1) is 0 Å². The highest BCUT2D eigenvalue weighted by Gasteiger charge is 2.70. The number of aryl methyl sites for hydroxylation is 1. The summed E-state index contributed by atoms with van der Waals surface area (Å²) in [4.78, 5) is 60.9. The maximum atomic E-state index is 15.6. The van der Waals surface area contributed by atoms with Crippen molar-refractivity contribution in [3.8, 4) is 17.2 Å². The SMILES string of the molecule is COc1ccc(C23C(=O)N(Nc4ccc(Cl)cc4Cl)C(=O)C2CC2C(=CCC4C(=O)N(c5ccc(C)c(Cl)c5)C(=O)C42)C3c2ccc(OCc3ccccc3)cc2O)cc1. The molecule has 6 unspecified atom stereocenters. The average Bonchev–Trinajstić information content (AvgIpc) is 3.63. The van der Waals surface area contributed by atoms with Crippen molar-refractivity contribution in [3.63, 3.8) is 0 Å². The Labute approximate surface area is 361 Å². The number of nitrogens with one attached hydrogen (secondary N) is 1. The van der Waals surface area contributed by atoms with E-state index in [1.807, 2.05) is 43.3 Å². The number of allylic oxidation sites excluding steroid dienone is 2. The Morgan fingerprint density at radius 2 is 1.55 bits per heavy atom. The minimum atomic E-state index is -1.66. The molecule has 0 radical (unpaired) electrons. The number of benzene rings is 5. The molecular weight excluding hydrogens is 825 g/mol. The molecule has 2 N–H and O–H groups in total. The Morgan fingerprint density at radius 3 is 2.25 bits per heavy atom. The molecule has 5 aromatic rings. The van der Waals surface area contributed by atoms with E-state index in [2.05, 4.69) is 5.43 Å². The topological polar surface area (TPSA) is 125 Å². The summed E-state index contributed by atoms with van der Waals surface area (Å²) in [6.45, 7) is 2.08. The number of hydrogen-bond acceptors (Lipinski definition) is 8. The van der Waals surface area contributed by atoms with Gasteiger partial charge in [-0.3, -0.25) is 24.6 Å². The molecule has 2 saturated heterocycles. The van der Waals surface area contributed by atoms with Crippen molar-refractivity contribution in [1.29, 1.82) is 0 Å². The number of hydrogen-bond donors (Lipinski definition) is 2. The molecule has 6 atom stereocenters. The number of hydrazine groups is 1. The normalized spacial score (nSPS) is 24.5. The number of anilines is 2. The number of phenols is 1. The number of rotatable bonds is 9. The molecule has 5 aromatic carbocycles. The number of carbonyl (C=O) groups is 4. The molecule has 4 aliphatic rings. The predicted octanol–water partition coefficient (Wildman–Crippen LogP) is 9.44. The van der Waals surface area contributed by atoms with Crippen LogP contribution in [-0.2, 0) is 31.2 Å². The van der Waals surface area contributed by atoms with E-state index < -0.39 is 52.7 Å². The summed E-state index contributed by atoms with van der Waals surface area (Å²) in [5, 5.41) is 14.1. The average molecular weight is 863 g/mol. The van der Waals surface area contributed by atoms with E-state index in [0.29, 0.717) is 43.9 Å². The van der Waals surface area contributed by atoms with Crippen LogP contribution in [0.2, 0.25) is 15.1 Å². The zero-order chi connectivity index (χ0) is 42.0. The van der Waals surface area contributed by atoms with Crippen LogP contribution in [0.1, 0.15) is 41.0 Å². The molecule has 304 valence electrons. The zero-order valence-electron chi connectivity index (χ0n) is 32.4. The van der Waals surface area contributed by atoms with Gasteiger partial charge < -0.3 is 14.6 Å². The lowest BCUT2D eigenvalue weighted by Gasteiger charge is -2.50. The number of amides is 4. The van der Waals surface area contributed by atoms with Crippen LogP contribution in [0.4, 0.5) is 11.4 Å². The molecule has 13 heteroatoms. The number of ether oxygens (including phenoxy) is 2. The molecule has 10 nitrogen and oxygen atoms in total. The van der Waals surface area contributed by atoms with E-state index in [-0.39, 0.29) is 41.8 Å². The zero-order valence-corrected chi connectivity index (χ0v) is 34.7. The first-order chi connectivity index (χ1) is 28.9. The number of fused-ring (bicyclic) bond motifs is 4. The molecule has 2 aliphatic carbocycles.